The summed E-state index contributed by atoms with van der Waals surface area (Å²) in [5.41, 5.74) is 2.22. The third kappa shape index (κ3) is 3.45. The lowest BCUT2D eigenvalue weighted by atomic mass is 9.52. The summed E-state index contributed by atoms with van der Waals surface area (Å²) in [6.45, 7) is 6.38. The Morgan fingerprint density at radius 1 is 0.886 bits per heavy atom. The maximum Gasteiger partial charge on any atom is 0.220 e. The molecule has 6 aliphatic rings. The van der Waals surface area contributed by atoms with Crippen LogP contribution in [0.4, 0.5) is 0 Å². The monoisotopic (exact) mass is 474 g/mol. The standard InChI is InChI=1S/C28H36N5O2/c1-30-29-24-25(27(35)23-6-3-2-5-22(23)26(24)34)33(30)8-4-7-31-9-11-32(12-10-31)28-16-19-13-20(17-28)15-21(14-19)18-28/h2-3,5-6,19-21H,4,7-18H2,1H3/q+1. The first-order valence-corrected chi connectivity index (χ1v) is 13.6. The highest BCUT2D eigenvalue weighted by atomic mass is 16.1. The molecule has 4 saturated carbocycles. The van der Waals surface area contributed by atoms with Crippen LogP contribution in [0.25, 0.3) is 0 Å². The van der Waals surface area contributed by atoms with E-state index in [4.69, 9.17) is 0 Å². The molecule has 7 nitrogen and oxygen atoms in total. The van der Waals surface area contributed by atoms with Gasteiger partial charge in [-0.05, 0) is 67.5 Å². The lowest BCUT2D eigenvalue weighted by molar-refractivity contribution is -0.805. The summed E-state index contributed by atoms with van der Waals surface area (Å²) in [6.07, 6.45) is 9.83. The lowest BCUT2D eigenvalue weighted by Crippen LogP contribution is -2.63. The molecule has 1 saturated heterocycles. The van der Waals surface area contributed by atoms with Crippen LogP contribution < -0.4 is 4.80 Å². The first kappa shape index (κ1) is 21.9. The lowest BCUT2D eigenvalue weighted by Gasteiger charge is -2.61. The Balaban J connectivity index is 0.984. The minimum absolute atomic E-state index is 0.0903. The van der Waals surface area contributed by atoms with Gasteiger partial charge in [0.1, 0.15) is 0 Å². The number of fused-ring (bicyclic) bond motifs is 2. The van der Waals surface area contributed by atoms with Crippen LogP contribution in [0.3, 0.4) is 0 Å². The fourth-order valence-electron chi connectivity index (χ4n) is 8.62. The molecule has 0 unspecified atom stereocenters. The molecule has 0 radical (unpaired) electrons. The van der Waals surface area contributed by atoms with Gasteiger partial charge in [0.25, 0.3) is 0 Å². The predicted molar refractivity (Wildman–Crippen MR) is 130 cm³/mol. The number of hydrogen-bond donors (Lipinski definition) is 0. The Kier molecular flexibility index (Phi) is 5.04. The highest BCUT2D eigenvalue weighted by molar-refractivity contribution is 6.26. The van der Waals surface area contributed by atoms with Crippen molar-refractivity contribution in [3.05, 3.63) is 46.8 Å². The third-order valence-electron chi connectivity index (χ3n) is 9.82. The molecule has 5 aliphatic carbocycles. The van der Waals surface area contributed by atoms with Gasteiger partial charge in [-0.15, -0.1) is 4.68 Å². The van der Waals surface area contributed by atoms with E-state index in [0.717, 1.165) is 43.8 Å². The maximum atomic E-state index is 13.2. The number of rotatable bonds is 5. The van der Waals surface area contributed by atoms with Gasteiger partial charge in [-0.2, -0.15) is 0 Å². The normalized spacial score (nSPS) is 32.2. The van der Waals surface area contributed by atoms with Gasteiger partial charge in [0, 0.05) is 54.5 Å². The topological polar surface area (TPSA) is 62.3 Å². The van der Waals surface area contributed by atoms with Gasteiger partial charge < -0.3 is 4.90 Å². The number of carbonyl (C=O) groups is 2. The molecule has 1 aliphatic heterocycles. The number of aromatic nitrogens is 3. The van der Waals surface area contributed by atoms with Crippen LogP contribution in [-0.2, 0) is 13.6 Å². The van der Waals surface area contributed by atoms with E-state index in [1.54, 1.807) is 23.0 Å². The Morgan fingerprint density at radius 2 is 1.49 bits per heavy atom. The van der Waals surface area contributed by atoms with E-state index < -0.39 is 0 Å². The molecule has 0 atom stereocenters. The number of aryl methyl sites for hydroxylation is 1. The molecule has 2 heterocycles. The Hall–Kier alpha value is -2.38. The Labute approximate surface area is 207 Å². The van der Waals surface area contributed by atoms with Crippen molar-refractivity contribution in [1.29, 1.82) is 0 Å². The van der Waals surface area contributed by atoms with Crippen LogP contribution >= 0.6 is 0 Å². The number of benzene rings is 1. The van der Waals surface area contributed by atoms with E-state index in [0.29, 0.717) is 34.6 Å². The molecule has 5 fully saturated rings. The number of carbonyl (C=O) groups excluding carboxylic acids is 2. The van der Waals surface area contributed by atoms with Crippen molar-refractivity contribution < 1.29 is 14.4 Å². The number of piperazine rings is 1. The largest absolute Gasteiger partial charge is 0.301 e. The van der Waals surface area contributed by atoms with E-state index >= 15 is 0 Å². The average molecular weight is 475 g/mol. The van der Waals surface area contributed by atoms with Gasteiger partial charge >= 0.3 is 0 Å². The second-order valence-corrected chi connectivity index (χ2v) is 11.9. The predicted octanol–water partition coefficient (Wildman–Crippen LogP) is 2.46. The van der Waals surface area contributed by atoms with E-state index in [-0.39, 0.29) is 11.6 Å². The molecule has 8 rings (SSSR count). The number of ketones is 2. The van der Waals surface area contributed by atoms with Crippen LogP contribution in [-0.4, -0.2) is 69.4 Å². The molecule has 0 spiro atoms. The summed E-state index contributed by atoms with van der Waals surface area (Å²) in [5.74, 6) is 2.77. The fourth-order valence-corrected chi connectivity index (χ4v) is 8.62. The third-order valence-corrected chi connectivity index (χ3v) is 9.82. The highest BCUT2D eigenvalue weighted by Crippen LogP contribution is 2.57. The van der Waals surface area contributed by atoms with E-state index in [1.807, 2.05) is 17.8 Å². The summed E-state index contributed by atoms with van der Waals surface area (Å²) >= 11 is 0. The Morgan fingerprint density at radius 3 is 2.11 bits per heavy atom. The number of nitrogens with zero attached hydrogens (tertiary/aromatic N) is 5. The first-order valence-electron chi connectivity index (χ1n) is 13.6. The average Bonchev–Trinajstić information content (AvgIpc) is 3.18. The highest BCUT2D eigenvalue weighted by Gasteiger charge is 2.53. The van der Waals surface area contributed by atoms with Crippen molar-refractivity contribution in [2.45, 2.75) is 57.0 Å². The summed E-state index contributed by atoms with van der Waals surface area (Å²) < 4.78 is 1.90. The van der Waals surface area contributed by atoms with Gasteiger partial charge in [0.2, 0.25) is 17.3 Å². The summed E-state index contributed by atoms with van der Waals surface area (Å²) in [4.78, 5) is 33.3. The fraction of sp³-hybridized carbons (Fsp3) is 0.643. The molecular weight excluding hydrogens is 438 g/mol. The SMILES string of the molecule is C[n+]1nc2c(n1CCCN1CCN(C34CC5CC(CC(C5)C3)C4)CC1)C(=O)c1ccccc1C2=O. The van der Waals surface area contributed by atoms with Crippen LogP contribution in [0, 0.1) is 17.8 Å². The maximum absolute atomic E-state index is 13.2. The van der Waals surface area contributed by atoms with Gasteiger partial charge in [-0.25, -0.2) is 0 Å². The van der Waals surface area contributed by atoms with Crippen molar-refractivity contribution in [2.75, 3.05) is 32.7 Å². The zero-order chi connectivity index (χ0) is 23.7. The molecular formula is C28H36N5O2+. The van der Waals surface area contributed by atoms with Gasteiger partial charge in [0.15, 0.2) is 12.7 Å². The second-order valence-electron chi connectivity index (χ2n) is 11.9. The molecule has 4 bridgehead atoms. The summed E-state index contributed by atoms with van der Waals surface area (Å²) in [6, 6.07) is 7.09. The zero-order valence-corrected chi connectivity index (χ0v) is 20.8. The van der Waals surface area contributed by atoms with Crippen LogP contribution in [0.1, 0.15) is 77.0 Å². The van der Waals surface area contributed by atoms with Crippen molar-refractivity contribution in [3.63, 3.8) is 0 Å². The van der Waals surface area contributed by atoms with Crippen molar-refractivity contribution in [3.8, 4) is 0 Å². The summed E-state index contributed by atoms with van der Waals surface area (Å²) in [7, 11) is 1.83. The smallest absolute Gasteiger partial charge is 0.220 e. The second kappa shape index (κ2) is 8.07. The minimum Gasteiger partial charge on any atom is -0.301 e. The molecule has 0 amide bonds. The first-order chi connectivity index (χ1) is 17.0. The van der Waals surface area contributed by atoms with Crippen molar-refractivity contribution in [1.82, 2.24) is 19.6 Å². The minimum atomic E-state index is -0.148. The van der Waals surface area contributed by atoms with Crippen molar-refractivity contribution in [2.24, 2.45) is 24.8 Å². The van der Waals surface area contributed by atoms with Crippen LogP contribution in [0.15, 0.2) is 24.3 Å². The number of hydrogen-bond acceptors (Lipinski definition) is 5. The zero-order valence-electron chi connectivity index (χ0n) is 20.8. The van der Waals surface area contributed by atoms with Gasteiger partial charge in [0.05, 0.1) is 6.54 Å². The Bertz CT molecular complexity index is 1160. The molecule has 1 aromatic carbocycles. The van der Waals surface area contributed by atoms with E-state index in [9.17, 15) is 9.59 Å². The summed E-state index contributed by atoms with van der Waals surface area (Å²) in [5, 5.41) is 4.44. The molecule has 7 heteroatoms. The van der Waals surface area contributed by atoms with E-state index in [1.165, 1.54) is 51.6 Å². The molecule has 0 N–H and O–H groups in total. The molecule has 184 valence electrons. The van der Waals surface area contributed by atoms with Crippen molar-refractivity contribution >= 4 is 11.6 Å². The van der Waals surface area contributed by atoms with Crippen LogP contribution in [0.5, 0.6) is 0 Å². The molecule has 35 heavy (non-hydrogen) atoms. The molecule has 2 aromatic rings. The van der Waals surface area contributed by atoms with Crippen LogP contribution in [0.2, 0.25) is 0 Å². The van der Waals surface area contributed by atoms with Gasteiger partial charge in [-0.3, -0.25) is 14.5 Å². The molecule has 1 aromatic heterocycles. The van der Waals surface area contributed by atoms with Gasteiger partial charge in [-0.1, -0.05) is 24.3 Å². The van der Waals surface area contributed by atoms with E-state index in [2.05, 4.69) is 14.9 Å². The quantitative estimate of drug-likeness (QED) is 0.532.